The van der Waals surface area contributed by atoms with Crippen LogP contribution in [0.5, 0.6) is 0 Å². The zero-order valence-electron chi connectivity index (χ0n) is 12.1. The van der Waals surface area contributed by atoms with E-state index in [1.807, 2.05) is 4.52 Å². The maximum Gasteiger partial charge on any atom is 0.157 e. The van der Waals surface area contributed by atoms with Crippen LogP contribution in [-0.2, 0) is 6.42 Å². The van der Waals surface area contributed by atoms with Crippen molar-refractivity contribution >= 4 is 11.5 Å². The Kier molecular flexibility index (Phi) is 3.87. The predicted octanol–water partition coefficient (Wildman–Crippen LogP) is 2.32. The van der Waals surface area contributed by atoms with E-state index in [9.17, 15) is 0 Å². The van der Waals surface area contributed by atoms with Crippen molar-refractivity contribution in [3.63, 3.8) is 0 Å². The Hall–Kier alpha value is -1.62. The highest BCUT2D eigenvalue weighted by Gasteiger charge is 2.23. The first-order valence-electron chi connectivity index (χ1n) is 7.65. The number of nitrogens with one attached hydrogen (secondary N) is 1. The lowest BCUT2D eigenvalue weighted by Gasteiger charge is -2.22. The molecular formula is C15H23N5. The molecule has 0 amide bonds. The van der Waals surface area contributed by atoms with Gasteiger partial charge in [-0.3, -0.25) is 0 Å². The number of anilines is 1. The van der Waals surface area contributed by atoms with Crippen LogP contribution >= 0.6 is 0 Å². The summed E-state index contributed by atoms with van der Waals surface area (Å²) in [6.45, 7) is 3.71. The molecule has 2 aromatic rings. The fourth-order valence-corrected chi connectivity index (χ4v) is 2.57. The molecule has 3 rings (SSSR count). The van der Waals surface area contributed by atoms with Gasteiger partial charge in [-0.15, -0.1) is 0 Å². The number of fused-ring (bicyclic) bond motifs is 1. The molecule has 1 saturated carbocycles. The third-order valence-electron chi connectivity index (χ3n) is 4.07. The third-order valence-corrected chi connectivity index (χ3v) is 4.07. The van der Waals surface area contributed by atoms with Gasteiger partial charge in [0.15, 0.2) is 5.65 Å². The molecule has 0 atom stereocenters. The molecule has 5 nitrogen and oxygen atoms in total. The second kappa shape index (κ2) is 5.79. The average molecular weight is 273 g/mol. The van der Waals surface area contributed by atoms with Gasteiger partial charge in [-0.05, 0) is 32.2 Å². The first kappa shape index (κ1) is 13.4. The van der Waals surface area contributed by atoms with Gasteiger partial charge in [0.2, 0.25) is 0 Å². The van der Waals surface area contributed by atoms with Gasteiger partial charge in [0.25, 0.3) is 0 Å². The summed E-state index contributed by atoms with van der Waals surface area (Å²) < 4.78 is 1.95. The largest absolute Gasteiger partial charge is 0.370 e. The molecule has 2 aromatic heterocycles. The minimum absolute atomic E-state index is 0.638. The molecule has 0 aliphatic heterocycles. The second-order valence-corrected chi connectivity index (χ2v) is 5.52. The standard InChI is InChI=1S/C15H23N5/c1-2-12-9-14(17-8-4-7-16)20-15(18-12)10-13(19-20)11-5-3-6-11/h9-11,17H,2-8,16H2,1H3. The Bertz CT molecular complexity index is 585. The van der Waals surface area contributed by atoms with Crippen molar-refractivity contribution < 1.29 is 0 Å². The number of nitrogens with two attached hydrogens (primary N) is 1. The predicted molar refractivity (Wildman–Crippen MR) is 81.1 cm³/mol. The zero-order chi connectivity index (χ0) is 13.9. The minimum atomic E-state index is 0.638. The number of aryl methyl sites for hydroxylation is 1. The van der Waals surface area contributed by atoms with Crippen LogP contribution in [0.4, 0.5) is 5.82 Å². The Balaban J connectivity index is 1.94. The van der Waals surface area contributed by atoms with Crippen LogP contribution in [0, 0.1) is 0 Å². The van der Waals surface area contributed by atoms with Gasteiger partial charge >= 0.3 is 0 Å². The van der Waals surface area contributed by atoms with Gasteiger partial charge < -0.3 is 11.1 Å². The highest BCUT2D eigenvalue weighted by atomic mass is 15.3. The summed E-state index contributed by atoms with van der Waals surface area (Å²) in [4.78, 5) is 4.68. The molecule has 0 saturated heterocycles. The monoisotopic (exact) mass is 273 g/mol. The van der Waals surface area contributed by atoms with Gasteiger partial charge in [-0.25, -0.2) is 4.98 Å². The lowest BCUT2D eigenvalue weighted by molar-refractivity contribution is 0.410. The third kappa shape index (κ3) is 2.50. The van der Waals surface area contributed by atoms with E-state index in [0.29, 0.717) is 12.5 Å². The van der Waals surface area contributed by atoms with E-state index >= 15 is 0 Å². The van der Waals surface area contributed by atoms with Crippen LogP contribution in [0.25, 0.3) is 5.65 Å². The fourth-order valence-electron chi connectivity index (χ4n) is 2.57. The fraction of sp³-hybridized carbons (Fsp3) is 0.600. The summed E-state index contributed by atoms with van der Waals surface area (Å²) in [5, 5.41) is 8.18. The topological polar surface area (TPSA) is 68.2 Å². The van der Waals surface area contributed by atoms with Crippen LogP contribution in [0.2, 0.25) is 0 Å². The molecule has 0 aromatic carbocycles. The Morgan fingerprint density at radius 2 is 2.25 bits per heavy atom. The number of hydrogen-bond acceptors (Lipinski definition) is 4. The molecule has 0 spiro atoms. The van der Waals surface area contributed by atoms with Gasteiger partial charge in [0.05, 0.1) is 5.69 Å². The molecule has 5 heteroatoms. The van der Waals surface area contributed by atoms with Gasteiger partial charge in [0.1, 0.15) is 5.82 Å². The molecule has 20 heavy (non-hydrogen) atoms. The summed E-state index contributed by atoms with van der Waals surface area (Å²) in [5.74, 6) is 1.67. The lowest BCUT2D eigenvalue weighted by Crippen LogP contribution is -2.13. The number of nitrogens with zero attached hydrogens (tertiary/aromatic N) is 3. The van der Waals surface area contributed by atoms with E-state index in [1.165, 1.54) is 25.0 Å². The van der Waals surface area contributed by atoms with Crippen LogP contribution in [0.1, 0.15) is 49.9 Å². The van der Waals surface area contributed by atoms with E-state index in [1.54, 1.807) is 0 Å². The quantitative estimate of drug-likeness (QED) is 0.793. The number of rotatable bonds is 6. The maximum absolute atomic E-state index is 5.56. The first-order chi connectivity index (χ1) is 9.81. The highest BCUT2D eigenvalue weighted by molar-refractivity contribution is 5.51. The van der Waals surface area contributed by atoms with E-state index in [4.69, 9.17) is 10.8 Å². The Morgan fingerprint density at radius 1 is 1.40 bits per heavy atom. The molecule has 2 heterocycles. The first-order valence-corrected chi connectivity index (χ1v) is 7.65. The number of aromatic nitrogens is 3. The van der Waals surface area contributed by atoms with Crippen molar-refractivity contribution in [1.29, 1.82) is 0 Å². The summed E-state index contributed by atoms with van der Waals surface area (Å²) in [6.07, 6.45) is 5.75. The zero-order valence-corrected chi connectivity index (χ0v) is 12.1. The van der Waals surface area contributed by atoms with E-state index in [2.05, 4.69) is 29.4 Å². The van der Waals surface area contributed by atoms with Crippen molar-refractivity contribution in [1.82, 2.24) is 14.6 Å². The summed E-state index contributed by atoms with van der Waals surface area (Å²) >= 11 is 0. The maximum atomic E-state index is 5.56. The van der Waals surface area contributed by atoms with Crippen LogP contribution in [-0.4, -0.2) is 27.7 Å². The normalized spacial score (nSPS) is 15.5. The van der Waals surface area contributed by atoms with E-state index in [-0.39, 0.29) is 0 Å². The van der Waals surface area contributed by atoms with Crippen LogP contribution < -0.4 is 11.1 Å². The lowest BCUT2D eigenvalue weighted by atomic mass is 9.83. The summed E-state index contributed by atoms with van der Waals surface area (Å²) in [6, 6.07) is 4.25. The Morgan fingerprint density at radius 3 is 2.90 bits per heavy atom. The molecule has 1 aliphatic rings. The van der Waals surface area contributed by atoms with Gasteiger partial charge in [-0.2, -0.15) is 9.61 Å². The van der Waals surface area contributed by atoms with Gasteiger partial charge in [0, 0.05) is 30.3 Å². The van der Waals surface area contributed by atoms with Crippen molar-refractivity contribution in [3.8, 4) is 0 Å². The molecular weight excluding hydrogens is 250 g/mol. The van der Waals surface area contributed by atoms with Crippen LogP contribution in [0.3, 0.4) is 0 Å². The second-order valence-electron chi connectivity index (χ2n) is 5.52. The summed E-state index contributed by atoms with van der Waals surface area (Å²) in [7, 11) is 0. The highest BCUT2D eigenvalue weighted by Crippen LogP contribution is 2.36. The van der Waals surface area contributed by atoms with Crippen molar-refractivity contribution in [2.45, 2.75) is 44.9 Å². The molecule has 0 unspecified atom stereocenters. The SMILES string of the molecule is CCc1cc(NCCCN)n2nc(C3CCC3)cc2n1. The van der Waals surface area contributed by atoms with E-state index < -0.39 is 0 Å². The average Bonchev–Trinajstić information content (AvgIpc) is 2.80. The van der Waals surface area contributed by atoms with Crippen molar-refractivity contribution in [2.24, 2.45) is 5.73 Å². The molecule has 0 bridgehead atoms. The van der Waals surface area contributed by atoms with Crippen molar-refractivity contribution in [2.75, 3.05) is 18.4 Å². The smallest absolute Gasteiger partial charge is 0.157 e. The van der Waals surface area contributed by atoms with Gasteiger partial charge in [-0.1, -0.05) is 13.3 Å². The van der Waals surface area contributed by atoms with E-state index in [0.717, 1.165) is 36.5 Å². The molecule has 108 valence electrons. The number of hydrogen-bond donors (Lipinski definition) is 2. The molecule has 3 N–H and O–H groups in total. The molecule has 1 fully saturated rings. The van der Waals surface area contributed by atoms with Crippen molar-refractivity contribution in [3.05, 3.63) is 23.5 Å². The Labute approximate surface area is 119 Å². The summed E-state index contributed by atoms with van der Waals surface area (Å²) in [5.41, 5.74) is 8.81. The van der Waals surface area contributed by atoms with Crippen LogP contribution in [0.15, 0.2) is 12.1 Å². The molecule has 1 aliphatic carbocycles. The molecule has 0 radical (unpaired) electrons. The minimum Gasteiger partial charge on any atom is -0.370 e.